The van der Waals surface area contributed by atoms with Crippen molar-refractivity contribution in [2.45, 2.75) is 32.0 Å². The molecule has 1 aromatic rings. The van der Waals surface area contributed by atoms with Gasteiger partial charge in [-0.2, -0.15) is 0 Å². The minimum absolute atomic E-state index is 0.0621. The number of rotatable bonds is 7. The summed E-state index contributed by atoms with van der Waals surface area (Å²) in [5.74, 6) is -1.21. The van der Waals surface area contributed by atoms with Gasteiger partial charge in [0.2, 0.25) is 0 Å². The number of carboxylic acids is 1. The van der Waals surface area contributed by atoms with E-state index in [1.54, 1.807) is 0 Å². The molecule has 0 saturated carbocycles. The topological polar surface area (TPSA) is 77.8 Å². The van der Waals surface area contributed by atoms with Gasteiger partial charge in [-0.1, -0.05) is 49.4 Å². The molecule has 0 saturated heterocycles. The number of carboxylic acid groups (broad SMARTS) is 1. The molecular formula is C15H20O4. The van der Waals surface area contributed by atoms with E-state index in [0.29, 0.717) is 0 Å². The third kappa shape index (κ3) is 6.18. The van der Waals surface area contributed by atoms with Crippen LogP contribution in [0.5, 0.6) is 0 Å². The van der Waals surface area contributed by atoms with Crippen LogP contribution in [0.25, 0.3) is 6.08 Å². The summed E-state index contributed by atoms with van der Waals surface area (Å²) in [5.41, 5.74) is 1.03. The molecular weight excluding hydrogens is 244 g/mol. The fourth-order valence-corrected chi connectivity index (χ4v) is 1.73. The average Bonchev–Trinajstić information content (AvgIpc) is 2.36. The Balaban J connectivity index is 2.46. The molecule has 4 nitrogen and oxygen atoms in total. The van der Waals surface area contributed by atoms with Crippen molar-refractivity contribution in [1.29, 1.82) is 0 Å². The van der Waals surface area contributed by atoms with Crippen LogP contribution < -0.4 is 0 Å². The summed E-state index contributed by atoms with van der Waals surface area (Å²) in [6.07, 6.45) is 1.71. The number of aliphatic hydroxyl groups is 2. The number of aliphatic carboxylic acids is 1. The Hall–Kier alpha value is -1.65. The maximum atomic E-state index is 10.4. The third-order valence-electron chi connectivity index (χ3n) is 2.92. The predicted octanol–water partition coefficient (Wildman–Crippen LogP) is 1.92. The highest BCUT2D eigenvalue weighted by atomic mass is 16.4. The van der Waals surface area contributed by atoms with Crippen molar-refractivity contribution in [3.05, 3.63) is 42.0 Å². The molecule has 0 aliphatic rings. The molecule has 3 atom stereocenters. The molecule has 1 rings (SSSR count). The summed E-state index contributed by atoms with van der Waals surface area (Å²) in [6, 6.07) is 9.69. The van der Waals surface area contributed by atoms with E-state index in [1.165, 1.54) is 0 Å². The fourth-order valence-electron chi connectivity index (χ4n) is 1.73. The summed E-state index contributed by atoms with van der Waals surface area (Å²) < 4.78 is 0. The Bertz CT molecular complexity index is 413. The van der Waals surface area contributed by atoms with Gasteiger partial charge >= 0.3 is 5.97 Å². The zero-order chi connectivity index (χ0) is 14.3. The van der Waals surface area contributed by atoms with E-state index in [9.17, 15) is 15.0 Å². The normalized spacial score (nSPS) is 16.2. The highest BCUT2D eigenvalue weighted by Gasteiger charge is 2.18. The molecule has 0 radical (unpaired) electrons. The SMILES string of the molecule is CC(C=Cc1ccccc1)C(O)CC(O)CC(=O)O. The highest BCUT2D eigenvalue weighted by Crippen LogP contribution is 2.14. The first-order valence-electron chi connectivity index (χ1n) is 6.30. The van der Waals surface area contributed by atoms with Crippen LogP contribution in [0.15, 0.2) is 36.4 Å². The lowest BCUT2D eigenvalue weighted by molar-refractivity contribution is -0.139. The van der Waals surface area contributed by atoms with Gasteiger partial charge in [-0.05, 0) is 5.56 Å². The van der Waals surface area contributed by atoms with Gasteiger partial charge in [0.15, 0.2) is 0 Å². The smallest absolute Gasteiger partial charge is 0.305 e. The van der Waals surface area contributed by atoms with Crippen LogP contribution in [0.4, 0.5) is 0 Å². The van der Waals surface area contributed by atoms with Crippen LogP contribution in [0.3, 0.4) is 0 Å². The first kappa shape index (κ1) is 15.4. The number of benzene rings is 1. The molecule has 3 unspecified atom stereocenters. The summed E-state index contributed by atoms with van der Waals surface area (Å²) in [6.45, 7) is 1.83. The lowest BCUT2D eigenvalue weighted by Gasteiger charge is -2.18. The Morgan fingerprint density at radius 1 is 1.26 bits per heavy atom. The van der Waals surface area contributed by atoms with E-state index in [0.717, 1.165) is 5.56 Å². The Morgan fingerprint density at radius 2 is 1.89 bits per heavy atom. The molecule has 104 valence electrons. The van der Waals surface area contributed by atoms with Crippen molar-refractivity contribution in [3.8, 4) is 0 Å². The fraction of sp³-hybridized carbons (Fsp3) is 0.400. The van der Waals surface area contributed by atoms with E-state index >= 15 is 0 Å². The summed E-state index contributed by atoms with van der Waals surface area (Å²) in [7, 11) is 0. The Morgan fingerprint density at radius 3 is 2.47 bits per heavy atom. The summed E-state index contributed by atoms with van der Waals surface area (Å²) in [5, 5.41) is 27.9. The number of hydrogen-bond acceptors (Lipinski definition) is 3. The van der Waals surface area contributed by atoms with Crippen LogP contribution in [0, 0.1) is 5.92 Å². The van der Waals surface area contributed by atoms with E-state index in [-0.39, 0.29) is 18.8 Å². The maximum Gasteiger partial charge on any atom is 0.305 e. The van der Waals surface area contributed by atoms with Crippen molar-refractivity contribution in [2.75, 3.05) is 0 Å². The highest BCUT2D eigenvalue weighted by molar-refractivity contribution is 5.67. The molecule has 0 fully saturated rings. The quantitative estimate of drug-likeness (QED) is 0.703. The van der Waals surface area contributed by atoms with Crippen molar-refractivity contribution >= 4 is 12.0 Å². The lowest BCUT2D eigenvalue weighted by atomic mass is 9.97. The summed E-state index contributed by atoms with van der Waals surface area (Å²) in [4.78, 5) is 10.4. The molecule has 0 aromatic heterocycles. The molecule has 3 N–H and O–H groups in total. The van der Waals surface area contributed by atoms with Crippen LogP contribution in [0.2, 0.25) is 0 Å². The van der Waals surface area contributed by atoms with Gasteiger partial charge in [0.25, 0.3) is 0 Å². The molecule has 1 aromatic carbocycles. The molecule has 0 amide bonds. The lowest BCUT2D eigenvalue weighted by Crippen LogP contribution is -2.24. The standard InChI is InChI=1S/C15H20O4/c1-11(7-8-12-5-3-2-4-6-12)14(17)9-13(16)10-15(18)19/h2-8,11,13-14,16-17H,9-10H2,1H3,(H,18,19). The van der Waals surface area contributed by atoms with E-state index in [4.69, 9.17) is 5.11 Å². The molecule has 0 aliphatic carbocycles. The van der Waals surface area contributed by atoms with Gasteiger partial charge in [-0.25, -0.2) is 0 Å². The Kier molecular flexibility index (Phi) is 6.25. The second-order valence-corrected chi connectivity index (χ2v) is 4.68. The van der Waals surface area contributed by atoms with Gasteiger partial charge in [0, 0.05) is 12.3 Å². The zero-order valence-corrected chi connectivity index (χ0v) is 10.9. The van der Waals surface area contributed by atoms with Crippen LogP contribution in [-0.4, -0.2) is 33.5 Å². The van der Waals surface area contributed by atoms with Gasteiger partial charge in [0.05, 0.1) is 18.6 Å². The number of aliphatic hydroxyl groups excluding tert-OH is 2. The monoisotopic (exact) mass is 264 g/mol. The van der Waals surface area contributed by atoms with Gasteiger partial charge in [-0.15, -0.1) is 0 Å². The maximum absolute atomic E-state index is 10.4. The Labute approximate surface area is 113 Å². The zero-order valence-electron chi connectivity index (χ0n) is 10.9. The van der Waals surface area contributed by atoms with Crippen LogP contribution in [0.1, 0.15) is 25.3 Å². The van der Waals surface area contributed by atoms with Gasteiger partial charge in [0.1, 0.15) is 0 Å². The second-order valence-electron chi connectivity index (χ2n) is 4.68. The molecule has 0 aliphatic heterocycles. The predicted molar refractivity (Wildman–Crippen MR) is 73.5 cm³/mol. The third-order valence-corrected chi connectivity index (χ3v) is 2.92. The molecule has 19 heavy (non-hydrogen) atoms. The minimum atomic E-state index is -1.06. The van der Waals surface area contributed by atoms with Crippen molar-refractivity contribution in [1.82, 2.24) is 0 Å². The van der Waals surface area contributed by atoms with Crippen LogP contribution >= 0.6 is 0 Å². The summed E-state index contributed by atoms with van der Waals surface area (Å²) >= 11 is 0. The van der Waals surface area contributed by atoms with Crippen molar-refractivity contribution < 1.29 is 20.1 Å². The molecule has 4 heteroatoms. The van der Waals surface area contributed by atoms with Crippen molar-refractivity contribution in [3.63, 3.8) is 0 Å². The molecule has 0 bridgehead atoms. The molecule has 0 heterocycles. The first-order valence-corrected chi connectivity index (χ1v) is 6.30. The largest absolute Gasteiger partial charge is 0.481 e. The number of hydrogen-bond donors (Lipinski definition) is 3. The first-order chi connectivity index (χ1) is 8.99. The van der Waals surface area contributed by atoms with Gasteiger partial charge < -0.3 is 15.3 Å². The molecule has 0 spiro atoms. The minimum Gasteiger partial charge on any atom is -0.481 e. The van der Waals surface area contributed by atoms with Crippen molar-refractivity contribution in [2.24, 2.45) is 5.92 Å². The average molecular weight is 264 g/mol. The number of carbonyl (C=O) groups is 1. The van der Waals surface area contributed by atoms with Crippen LogP contribution in [-0.2, 0) is 4.79 Å². The van der Waals surface area contributed by atoms with E-state index < -0.39 is 18.2 Å². The van der Waals surface area contributed by atoms with E-state index in [2.05, 4.69) is 0 Å². The second kappa shape index (κ2) is 7.71. The van der Waals surface area contributed by atoms with E-state index in [1.807, 2.05) is 49.4 Å². The van der Waals surface area contributed by atoms with Gasteiger partial charge in [-0.3, -0.25) is 4.79 Å².